The highest BCUT2D eigenvalue weighted by atomic mass is 79.9. The molecule has 0 aromatic heterocycles. The van der Waals surface area contributed by atoms with Crippen LogP contribution in [0.25, 0.3) is 0 Å². The smallest absolute Gasteiger partial charge is 0.264 e. The van der Waals surface area contributed by atoms with Gasteiger partial charge in [-0.3, -0.25) is 13.9 Å². The molecule has 242 valence electrons. The van der Waals surface area contributed by atoms with Gasteiger partial charge in [0.1, 0.15) is 12.6 Å². The molecule has 0 fully saturated rings. The lowest BCUT2D eigenvalue weighted by Gasteiger charge is -2.34. The number of anilines is 1. The second-order valence-corrected chi connectivity index (χ2v) is 15.1. The van der Waals surface area contributed by atoms with E-state index < -0.39 is 28.5 Å². The molecule has 7 nitrogen and oxygen atoms in total. The Morgan fingerprint density at radius 3 is 2.09 bits per heavy atom. The summed E-state index contributed by atoms with van der Waals surface area (Å²) in [5, 5.41) is 3.40. The predicted octanol–water partition coefficient (Wildman–Crippen LogP) is 7.67. The SMILES string of the molecule is Cc1ccc(S(=O)(=O)N(CC(=O)N(Cc2cccc(Br)c2)[C@@H](Cc2ccccc2)C(=O)NCC(C)C)c2cc(Cl)cc(Cl)c2)cc1. The number of hydrogen-bond acceptors (Lipinski definition) is 4. The van der Waals surface area contributed by atoms with Gasteiger partial charge >= 0.3 is 0 Å². The first-order chi connectivity index (χ1) is 21.8. The van der Waals surface area contributed by atoms with Crippen molar-refractivity contribution >= 4 is 66.7 Å². The standard InChI is InChI=1S/C35H36BrCl2N3O4S/c1-24(2)21-39-35(43)33(17-26-8-5-4-6-9-26)40(22-27-10-7-11-28(36)16-27)34(42)23-41(31-19-29(37)18-30(38)20-31)46(44,45)32-14-12-25(3)13-15-32/h4-16,18-20,24,33H,17,21-23H2,1-3H3,(H,39,43)/t33-/m0/s1. The molecule has 0 aliphatic rings. The molecule has 0 saturated carbocycles. The first-order valence-corrected chi connectivity index (χ1v) is 17.7. The minimum absolute atomic E-state index is 0.00366. The molecule has 46 heavy (non-hydrogen) atoms. The van der Waals surface area contributed by atoms with Crippen molar-refractivity contribution in [1.82, 2.24) is 10.2 Å². The van der Waals surface area contributed by atoms with Crippen molar-refractivity contribution in [2.45, 2.75) is 44.7 Å². The number of nitrogens with zero attached hydrogens (tertiary/aromatic N) is 2. The second-order valence-electron chi connectivity index (χ2n) is 11.4. The zero-order chi connectivity index (χ0) is 33.4. The number of rotatable bonds is 13. The predicted molar refractivity (Wildman–Crippen MR) is 189 cm³/mol. The van der Waals surface area contributed by atoms with Crippen molar-refractivity contribution in [3.8, 4) is 0 Å². The second kappa shape index (κ2) is 16.0. The Bertz CT molecular complexity index is 1750. The topological polar surface area (TPSA) is 86.8 Å². The molecule has 0 saturated heterocycles. The first-order valence-electron chi connectivity index (χ1n) is 14.7. The summed E-state index contributed by atoms with van der Waals surface area (Å²) < 4.78 is 30.2. The quantitative estimate of drug-likeness (QED) is 0.152. The number of carbonyl (C=O) groups is 2. The van der Waals surface area contributed by atoms with Gasteiger partial charge in [0.15, 0.2) is 0 Å². The van der Waals surface area contributed by atoms with E-state index in [-0.39, 0.29) is 45.4 Å². The van der Waals surface area contributed by atoms with E-state index in [0.717, 1.165) is 25.5 Å². The Kier molecular flexibility index (Phi) is 12.3. The van der Waals surface area contributed by atoms with Crippen LogP contribution in [0.4, 0.5) is 5.69 Å². The van der Waals surface area contributed by atoms with Gasteiger partial charge < -0.3 is 10.2 Å². The van der Waals surface area contributed by atoms with Crippen LogP contribution >= 0.6 is 39.1 Å². The Morgan fingerprint density at radius 1 is 0.848 bits per heavy atom. The summed E-state index contributed by atoms with van der Waals surface area (Å²) in [6, 6.07) is 26.6. The van der Waals surface area contributed by atoms with Crippen LogP contribution in [-0.2, 0) is 32.6 Å². The van der Waals surface area contributed by atoms with Gasteiger partial charge in [-0.05, 0) is 66.4 Å². The molecule has 1 atom stereocenters. The van der Waals surface area contributed by atoms with Crippen LogP contribution in [0.1, 0.15) is 30.5 Å². The largest absolute Gasteiger partial charge is 0.354 e. The first kappa shape index (κ1) is 35.5. The molecular weight excluding hydrogens is 709 g/mol. The molecule has 4 aromatic carbocycles. The van der Waals surface area contributed by atoms with Crippen LogP contribution < -0.4 is 9.62 Å². The van der Waals surface area contributed by atoms with Crippen LogP contribution in [-0.4, -0.2) is 44.3 Å². The van der Waals surface area contributed by atoms with E-state index in [2.05, 4.69) is 21.2 Å². The van der Waals surface area contributed by atoms with Gasteiger partial charge in [0.2, 0.25) is 11.8 Å². The maximum Gasteiger partial charge on any atom is 0.264 e. The summed E-state index contributed by atoms with van der Waals surface area (Å²) >= 11 is 16.1. The highest BCUT2D eigenvalue weighted by Crippen LogP contribution is 2.30. The lowest BCUT2D eigenvalue weighted by molar-refractivity contribution is -0.140. The van der Waals surface area contributed by atoms with Gasteiger partial charge in [-0.15, -0.1) is 0 Å². The van der Waals surface area contributed by atoms with Crippen LogP contribution in [0.3, 0.4) is 0 Å². The van der Waals surface area contributed by atoms with Crippen molar-refractivity contribution < 1.29 is 18.0 Å². The van der Waals surface area contributed by atoms with E-state index in [0.29, 0.717) is 6.54 Å². The molecule has 0 spiro atoms. The van der Waals surface area contributed by atoms with E-state index in [1.807, 2.05) is 75.4 Å². The Labute approximate surface area is 289 Å². The van der Waals surface area contributed by atoms with Crippen LogP contribution in [0, 0.1) is 12.8 Å². The number of nitrogens with one attached hydrogen (secondary N) is 1. The summed E-state index contributed by atoms with van der Waals surface area (Å²) in [5.74, 6) is -0.731. The molecule has 4 rings (SSSR count). The van der Waals surface area contributed by atoms with E-state index in [4.69, 9.17) is 23.2 Å². The molecule has 0 aliphatic heterocycles. The van der Waals surface area contributed by atoms with Crippen molar-refractivity contribution in [3.63, 3.8) is 0 Å². The maximum atomic E-state index is 14.6. The molecule has 0 bridgehead atoms. The Balaban J connectivity index is 1.82. The Hall–Kier alpha value is -3.37. The maximum absolute atomic E-state index is 14.6. The number of hydrogen-bond donors (Lipinski definition) is 1. The van der Waals surface area contributed by atoms with Gasteiger partial charge in [0.25, 0.3) is 10.0 Å². The van der Waals surface area contributed by atoms with Crippen LogP contribution in [0.15, 0.2) is 106 Å². The normalized spacial score (nSPS) is 12.1. The fraction of sp³-hybridized carbons (Fsp3) is 0.257. The summed E-state index contributed by atoms with van der Waals surface area (Å²) in [6.45, 7) is 5.69. The molecule has 0 heterocycles. The third-order valence-electron chi connectivity index (χ3n) is 7.22. The van der Waals surface area contributed by atoms with E-state index in [9.17, 15) is 18.0 Å². The lowest BCUT2D eigenvalue weighted by atomic mass is 10.0. The minimum Gasteiger partial charge on any atom is -0.354 e. The Morgan fingerprint density at radius 2 is 1.48 bits per heavy atom. The summed E-state index contributed by atoms with van der Waals surface area (Å²) in [6.07, 6.45) is 0.220. The number of carbonyl (C=O) groups excluding carboxylic acids is 2. The third-order valence-corrected chi connectivity index (χ3v) is 9.94. The summed E-state index contributed by atoms with van der Waals surface area (Å²) in [5.41, 5.74) is 2.61. The molecule has 4 aromatic rings. The average Bonchev–Trinajstić information content (AvgIpc) is 3.00. The van der Waals surface area contributed by atoms with Gasteiger partial charge in [-0.1, -0.05) is 113 Å². The number of aryl methyl sites for hydroxylation is 1. The van der Waals surface area contributed by atoms with Crippen molar-refractivity contribution in [2.75, 3.05) is 17.4 Å². The fourth-order valence-electron chi connectivity index (χ4n) is 4.86. The highest BCUT2D eigenvalue weighted by molar-refractivity contribution is 9.10. The van der Waals surface area contributed by atoms with Crippen molar-refractivity contribution in [1.29, 1.82) is 0 Å². The zero-order valence-corrected chi connectivity index (χ0v) is 29.7. The minimum atomic E-state index is -4.28. The van der Waals surface area contributed by atoms with Crippen molar-refractivity contribution in [2.24, 2.45) is 5.92 Å². The molecular formula is C35H36BrCl2N3O4S. The van der Waals surface area contributed by atoms with Gasteiger partial charge in [-0.25, -0.2) is 8.42 Å². The molecule has 0 radical (unpaired) electrons. The molecule has 11 heteroatoms. The zero-order valence-electron chi connectivity index (χ0n) is 25.8. The monoisotopic (exact) mass is 743 g/mol. The average molecular weight is 746 g/mol. The summed E-state index contributed by atoms with van der Waals surface area (Å²) in [7, 11) is -4.28. The molecule has 2 amide bonds. The molecule has 1 N–H and O–H groups in total. The lowest BCUT2D eigenvalue weighted by Crippen LogP contribution is -2.53. The van der Waals surface area contributed by atoms with Gasteiger partial charge in [0.05, 0.1) is 10.6 Å². The van der Waals surface area contributed by atoms with E-state index >= 15 is 0 Å². The number of sulfonamides is 1. The van der Waals surface area contributed by atoms with Gasteiger partial charge in [-0.2, -0.15) is 0 Å². The van der Waals surface area contributed by atoms with E-state index in [1.54, 1.807) is 12.1 Å². The number of halogens is 3. The molecule has 0 unspecified atom stereocenters. The van der Waals surface area contributed by atoms with E-state index in [1.165, 1.54) is 35.2 Å². The van der Waals surface area contributed by atoms with Crippen LogP contribution in [0.5, 0.6) is 0 Å². The highest BCUT2D eigenvalue weighted by Gasteiger charge is 2.35. The van der Waals surface area contributed by atoms with Gasteiger partial charge in [0, 0.05) is 34.0 Å². The number of amides is 2. The number of benzene rings is 4. The van der Waals surface area contributed by atoms with Crippen molar-refractivity contribution in [3.05, 3.63) is 128 Å². The third kappa shape index (κ3) is 9.58. The van der Waals surface area contributed by atoms with Crippen LogP contribution in [0.2, 0.25) is 10.0 Å². The summed E-state index contributed by atoms with van der Waals surface area (Å²) in [4.78, 5) is 29.9. The fourth-order valence-corrected chi connectivity index (χ4v) is 7.22. The molecule has 0 aliphatic carbocycles.